The number of hydrogen-bond donors (Lipinski definition) is 1. The maximum atomic E-state index is 13.2. The van der Waals surface area contributed by atoms with Gasteiger partial charge in [0.15, 0.2) is 17.3 Å². The summed E-state index contributed by atoms with van der Waals surface area (Å²) in [6, 6.07) is 12.0. The Morgan fingerprint density at radius 2 is 1.97 bits per heavy atom. The number of nitro groups is 1. The van der Waals surface area contributed by atoms with Gasteiger partial charge in [-0.15, -0.1) is 0 Å². The van der Waals surface area contributed by atoms with E-state index in [0.29, 0.717) is 53.3 Å². The molecule has 0 saturated heterocycles. The molecule has 2 aromatic carbocycles. The van der Waals surface area contributed by atoms with Crippen molar-refractivity contribution < 1.29 is 19.2 Å². The van der Waals surface area contributed by atoms with Gasteiger partial charge in [0, 0.05) is 29.8 Å². The molecule has 3 aliphatic rings. The number of aryl methyl sites for hydroxylation is 1. The van der Waals surface area contributed by atoms with E-state index in [9.17, 15) is 20.2 Å². The number of ketones is 1. The van der Waals surface area contributed by atoms with Crippen LogP contribution < -0.4 is 20.1 Å². The first-order valence-electron chi connectivity index (χ1n) is 10.5. The van der Waals surface area contributed by atoms with Crippen molar-refractivity contribution in [1.82, 2.24) is 0 Å². The molecule has 0 fully saturated rings. The monoisotopic (exact) mass is 444 g/mol. The molecule has 1 aliphatic carbocycles. The molecule has 0 amide bonds. The van der Waals surface area contributed by atoms with Crippen LogP contribution in [-0.2, 0) is 4.79 Å². The summed E-state index contributed by atoms with van der Waals surface area (Å²) in [5.41, 5.74) is 9.80. The van der Waals surface area contributed by atoms with Crippen molar-refractivity contribution in [3.63, 3.8) is 0 Å². The van der Waals surface area contributed by atoms with Gasteiger partial charge in [-0.3, -0.25) is 19.8 Å². The summed E-state index contributed by atoms with van der Waals surface area (Å²) < 4.78 is 10.9. The summed E-state index contributed by atoms with van der Waals surface area (Å²) in [5.74, 6) is 0.598. The number of nitro benzene ring substituents is 1. The Hall–Kier alpha value is -4.32. The molecule has 1 atom stereocenters. The molecule has 2 aliphatic heterocycles. The first-order valence-corrected chi connectivity index (χ1v) is 10.5. The summed E-state index contributed by atoms with van der Waals surface area (Å²) in [7, 11) is 0. The lowest BCUT2D eigenvalue weighted by atomic mass is 9.75. The fourth-order valence-corrected chi connectivity index (χ4v) is 4.74. The van der Waals surface area contributed by atoms with Gasteiger partial charge in [-0.25, -0.2) is 0 Å². The average Bonchev–Trinajstić information content (AvgIpc) is 3.27. The molecule has 0 bridgehead atoms. The van der Waals surface area contributed by atoms with Crippen LogP contribution >= 0.6 is 0 Å². The van der Waals surface area contributed by atoms with Crippen molar-refractivity contribution in [2.45, 2.75) is 32.1 Å². The van der Waals surface area contributed by atoms with Gasteiger partial charge < -0.3 is 15.2 Å². The Kier molecular flexibility index (Phi) is 4.78. The third-order valence-corrected chi connectivity index (χ3v) is 6.29. The van der Waals surface area contributed by atoms with Gasteiger partial charge in [0.05, 0.1) is 28.2 Å². The molecular formula is C24H20N4O5. The molecule has 5 rings (SSSR count). The van der Waals surface area contributed by atoms with E-state index in [4.69, 9.17) is 15.2 Å². The average molecular weight is 444 g/mol. The van der Waals surface area contributed by atoms with Crippen LogP contribution in [0.1, 0.15) is 36.3 Å². The smallest absolute Gasteiger partial charge is 0.271 e. The molecule has 0 aromatic heterocycles. The first-order chi connectivity index (χ1) is 15.9. The van der Waals surface area contributed by atoms with Crippen LogP contribution in [0.3, 0.4) is 0 Å². The van der Waals surface area contributed by atoms with Gasteiger partial charge in [0.25, 0.3) is 5.69 Å². The SMILES string of the molecule is Cc1ccc([N+](=O)[O-])cc1N1C(N)=C(C#N)[C@H](c2ccc3c(c2)OCO3)C2=C1CCCC2=O. The quantitative estimate of drug-likeness (QED) is 0.556. The topological polar surface area (TPSA) is 132 Å². The zero-order valence-corrected chi connectivity index (χ0v) is 17.8. The number of fused-ring (bicyclic) bond motifs is 1. The van der Waals surface area contributed by atoms with Gasteiger partial charge >= 0.3 is 0 Å². The van der Waals surface area contributed by atoms with Crippen molar-refractivity contribution in [1.29, 1.82) is 5.26 Å². The highest BCUT2D eigenvalue weighted by atomic mass is 16.7. The van der Waals surface area contributed by atoms with Gasteiger partial charge in [-0.05, 0) is 43.0 Å². The number of benzene rings is 2. The fraction of sp³-hybridized carbons (Fsp3) is 0.250. The Labute approximate surface area is 189 Å². The second kappa shape index (κ2) is 7.67. The van der Waals surface area contributed by atoms with E-state index in [1.54, 1.807) is 23.1 Å². The van der Waals surface area contributed by atoms with Gasteiger partial charge in [0.1, 0.15) is 5.82 Å². The Morgan fingerprint density at radius 3 is 2.73 bits per heavy atom. The predicted molar refractivity (Wildman–Crippen MR) is 118 cm³/mol. The van der Waals surface area contributed by atoms with Crippen molar-refractivity contribution in [2.24, 2.45) is 5.73 Å². The van der Waals surface area contributed by atoms with E-state index in [-0.39, 0.29) is 29.7 Å². The number of rotatable bonds is 3. The van der Waals surface area contributed by atoms with E-state index in [1.165, 1.54) is 12.1 Å². The molecule has 0 saturated carbocycles. The lowest BCUT2D eigenvalue weighted by Crippen LogP contribution is -2.39. The Morgan fingerprint density at radius 1 is 1.18 bits per heavy atom. The molecule has 0 radical (unpaired) electrons. The second-order valence-corrected chi connectivity index (χ2v) is 8.16. The summed E-state index contributed by atoms with van der Waals surface area (Å²) in [6.07, 6.45) is 1.55. The molecule has 9 nitrogen and oxygen atoms in total. The highest BCUT2D eigenvalue weighted by Crippen LogP contribution is 2.48. The van der Waals surface area contributed by atoms with E-state index >= 15 is 0 Å². The van der Waals surface area contributed by atoms with Crippen LogP contribution in [0.2, 0.25) is 0 Å². The first kappa shape index (κ1) is 20.6. The van der Waals surface area contributed by atoms with Gasteiger partial charge in [-0.2, -0.15) is 5.26 Å². The number of allylic oxidation sites excluding steroid dienone is 3. The number of nitrogens with zero attached hydrogens (tertiary/aromatic N) is 3. The van der Waals surface area contributed by atoms with Gasteiger partial charge in [0.2, 0.25) is 6.79 Å². The molecule has 2 heterocycles. The van der Waals surface area contributed by atoms with Crippen molar-refractivity contribution in [2.75, 3.05) is 11.7 Å². The van der Waals surface area contributed by atoms with E-state index in [0.717, 1.165) is 5.56 Å². The van der Waals surface area contributed by atoms with Gasteiger partial charge in [-0.1, -0.05) is 12.1 Å². The minimum absolute atomic E-state index is 0.0627. The second-order valence-electron chi connectivity index (χ2n) is 8.16. The van der Waals surface area contributed by atoms with Crippen LogP contribution in [0, 0.1) is 28.4 Å². The molecule has 0 spiro atoms. The van der Waals surface area contributed by atoms with E-state index < -0.39 is 10.8 Å². The number of nitriles is 1. The minimum Gasteiger partial charge on any atom is -0.454 e. The summed E-state index contributed by atoms with van der Waals surface area (Å²) in [6.45, 7) is 1.92. The van der Waals surface area contributed by atoms with Crippen molar-refractivity contribution >= 4 is 17.2 Å². The zero-order valence-electron chi connectivity index (χ0n) is 17.8. The van der Waals surface area contributed by atoms with Crippen LogP contribution in [-0.4, -0.2) is 17.5 Å². The summed E-state index contributed by atoms with van der Waals surface area (Å²) in [4.78, 5) is 25.8. The third-order valence-electron chi connectivity index (χ3n) is 6.29. The Balaban J connectivity index is 1.74. The highest BCUT2D eigenvalue weighted by Gasteiger charge is 2.41. The number of hydrogen-bond acceptors (Lipinski definition) is 8. The van der Waals surface area contributed by atoms with Crippen LogP contribution in [0.25, 0.3) is 0 Å². The summed E-state index contributed by atoms with van der Waals surface area (Å²) >= 11 is 0. The van der Waals surface area contributed by atoms with Crippen LogP contribution in [0.4, 0.5) is 11.4 Å². The largest absolute Gasteiger partial charge is 0.454 e. The molecule has 2 N–H and O–H groups in total. The van der Waals surface area contributed by atoms with Crippen LogP contribution in [0.5, 0.6) is 11.5 Å². The standard InChI is InChI=1S/C24H20N4O5/c1-13-5-7-15(28(30)31)10-18(13)27-17-3-2-4-19(29)23(17)22(16(11-25)24(27)26)14-6-8-20-21(9-14)33-12-32-20/h5-10,22H,2-4,12,26H2,1H3/t22-/m0/s1. The number of ether oxygens (including phenoxy) is 2. The van der Waals surface area contributed by atoms with Crippen molar-refractivity contribution in [3.05, 3.63) is 80.3 Å². The number of carbonyl (C=O) groups excluding carboxylic acids is 1. The maximum Gasteiger partial charge on any atom is 0.271 e. The lowest BCUT2D eigenvalue weighted by Gasteiger charge is -2.40. The summed E-state index contributed by atoms with van der Waals surface area (Å²) in [5, 5.41) is 21.5. The molecule has 0 unspecified atom stereocenters. The van der Waals surface area contributed by atoms with Crippen LogP contribution in [0.15, 0.2) is 59.1 Å². The number of carbonyl (C=O) groups is 1. The van der Waals surface area contributed by atoms with E-state index in [2.05, 4.69) is 6.07 Å². The third kappa shape index (κ3) is 3.19. The molecule has 2 aromatic rings. The number of nitrogens with two attached hydrogens (primary N) is 1. The predicted octanol–water partition coefficient (Wildman–Crippen LogP) is 3.94. The number of anilines is 1. The molecule has 166 valence electrons. The number of non-ortho nitro benzene ring substituents is 1. The molecule has 9 heteroatoms. The number of Topliss-reactive ketones (excluding diaryl/α,β-unsaturated/α-hetero) is 1. The zero-order chi connectivity index (χ0) is 23.3. The maximum absolute atomic E-state index is 13.2. The minimum atomic E-state index is -0.650. The normalized spacial score (nSPS) is 19.5. The highest BCUT2D eigenvalue weighted by molar-refractivity contribution is 6.01. The lowest BCUT2D eigenvalue weighted by molar-refractivity contribution is -0.384. The Bertz CT molecular complexity index is 1320. The van der Waals surface area contributed by atoms with Crippen molar-refractivity contribution in [3.8, 4) is 17.6 Å². The molecule has 33 heavy (non-hydrogen) atoms. The fourth-order valence-electron chi connectivity index (χ4n) is 4.74. The van der Waals surface area contributed by atoms with E-state index in [1.807, 2.05) is 13.0 Å². The molecular weight excluding hydrogens is 424 g/mol.